The second-order valence-electron chi connectivity index (χ2n) is 3.98. The molecule has 1 N–H and O–H groups in total. The second kappa shape index (κ2) is 3.57. The largest absolute Gasteiger partial charge is 0.390 e. The first-order valence-electron chi connectivity index (χ1n) is 4.92. The lowest BCUT2D eigenvalue weighted by molar-refractivity contribution is 0.0392. The molecular formula is C10H20O. The molecule has 11 heavy (non-hydrogen) atoms. The monoisotopic (exact) mass is 156 g/mol. The molecule has 1 fully saturated rings. The number of hydrogen-bond donors (Lipinski definition) is 1. The molecule has 0 aliphatic heterocycles. The summed E-state index contributed by atoms with van der Waals surface area (Å²) < 4.78 is 0. The Morgan fingerprint density at radius 1 is 1.45 bits per heavy atom. The Kier molecular flexibility index (Phi) is 2.94. The Labute approximate surface area is 69.8 Å². The Hall–Kier alpha value is -0.0400. The average molecular weight is 156 g/mol. The van der Waals surface area contributed by atoms with Gasteiger partial charge in [0.15, 0.2) is 0 Å². The van der Waals surface area contributed by atoms with Crippen molar-refractivity contribution in [3.8, 4) is 0 Å². The highest BCUT2D eigenvalue weighted by molar-refractivity contribution is 4.87. The fourth-order valence-electron chi connectivity index (χ4n) is 2.19. The van der Waals surface area contributed by atoms with Gasteiger partial charge in [0.05, 0.1) is 5.60 Å². The molecule has 0 aromatic rings. The summed E-state index contributed by atoms with van der Waals surface area (Å²) in [5.41, 5.74) is -0.292. The summed E-state index contributed by atoms with van der Waals surface area (Å²) >= 11 is 0. The fraction of sp³-hybridized carbons (Fsp3) is 1.00. The van der Waals surface area contributed by atoms with Gasteiger partial charge >= 0.3 is 0 Å². The fourth-order valence-corrected chi connectivity index (χ4v) is 2.19. The van der Waals surface area contributed by atoms with Gasteiger partial charge in [-0.3, -0.25) is 0 Å². The molecule has 2 atom stereocenters. The molecule has 0 amide bonds. The molecule has 0 aromatic heterocycles. The van der Waals surface area contributed by atoms with Crippen LogP contribution in [0.2, 0.25) is 0 Å². The van der Waals surface area contributed by atoms with Gasteiger partial charge in [-0.2, -0.15) is 0 Å². The summed E-state index contributed by atoms with van der Waals surface area (Å²) in [5.74, 6) is 0.810. The first kappa shape index (κ1) is 9.05. The van der Waals surface area contributed by atoms with Gasteiger partial charge in [-0.25, -0.2) is 0 Å². The zero-order chi connectivity index (χ0) is 8.32. The van der Waals surface area contributed by atoms with Gasteiger partial charge in [-0.1, -0.05) is 26.7 Å². The summed E-state index contributed by atoms with van der Waals surface area (Å²) in [6, 6.07) is 0. The average Bonchev–Trinajstić information content (AvgIpc) is 2.35. The third-order valence-electron chi connectivity index (χ3n) is 3.04. The maximum absolute atomic E-state index is 9.90. The molecule has 0 heterocycles. The summed E-state index contributed by atoms with van der Waals surface area (Å²) in [5, 5.41) is 9.90. The van der Waals surface area contributed by atoms with Gasteiger partial charge in [-0.15, -0.1) is 0 Å². The van der Waals surface area contributed by atoms with E-state index in [2.05, 4.69) is 13.8 Å². The molecule has 0 saturated heterocycles. The van der Waals surface area contributed by atoms with E-state index < -0.39 is 0 Å². The summed E-state index contributed by atoms with van der Waals surface area (Å²) in [7, 11) is 0. The molecule has 1 saturated carbocycles. The zero-order valence-electron chi connectivity index (χ0n) is 7.77. The molecule has 1 aliphatic rings. The molecule has 0 spiro atoms. The van der Waals surface area contributed by atoms with E-state index in [1.54, 1.807) is 0 Å². The standard InChI is InChI=1S/C10H20O/c1-3-5-9-6-7-10(11,4-2)8-9/h9,11H,3-8H2,1-2H3. The van der Waals surface area contributed by atoms with Crippen molar-refractivity contribution in [2.75, 3.05) is 0 Å². The lowest BCUT2D eigenvalue weighted by Gasteiger charge is -2.20. The first-order valence-corrected chi connectivity index (χ1v) is 4.92. The van der Waals surface area contributed by atoms with Crippen LogP contribution in [0.15, 0.2) is 0 Å². The van der Waals surface area contributed by atoms with Crippen LogP contribution in [-0.4, -0.2) is 10.7 Å². The van der Waals surface area contributed by atoms with E-state index in [0.717, 1.165) is 25.2 Å². The Morgan fingerprint density at radius 3 is 2.64 bits per heavy atom. The molecule has 66 valence electrons. The van der Waals surface area contributed by atoms with Crippen LogP contribution in [0.25, 0.3) is 0 Å². The molecular weight excluding hydrogens is 136 g/mol. The van der Waals surface area contributed by atoms with E-state index in [-0.39, 0.29) is 5.60 Å². The minimum Gasteiger partial charge on any atom is -0.390 e. The van der Waals surface area contributed by atoms with Gasteiger partial charge in [0.25, 0.3) is 0 Å². The van der Waals surface area contributed by atoms with Crippen molar-refractivity contribution in [3.63, 3.8) is 0 Å². The van der Waals surface area contributed by atoms with Gasteiger partial charge in [0.2, 0.25) is 0 Å². The van der Waals surface area contributed by atoms with E-state index in [1.807, 2.05) is 0 Å². The van der Waals surface area contributed by atoms with Crippen LogP contribution in [0.3, 0.4) is 0 Å². The molecule has 1 aliphatic carbocycles. The third kappa shape index (κ3) is 2.19. The van der Waals surface area contributed by atoms with Crippen molar-refractivity contribution >= 4 is 0 Å². The summed E-state index contributed by atoms with van der Waals surface area (Å²) in [4.78, 5) is 0. The van der Waals surface area contributed by atoms with E-state index in [9.17, 15) is 5.11 Å². The van der Waals surface area contributed by atoms with Crippen molar-refractivity contribution in [1.29, 1.82) is 0 Å². The molecule has 0 aromatic carbocycles. The molecule has 0 radical (unpaired) electrons. The van der Waals surface area contributed by atoms with Gasteiger partial charge < -0.3 is 5.11 Å². The lowest BCUT2D eigenvalue weighted by atomic mass is 9.95. The van der Waals surface area contributed by atoms with Gasteiger partial charge in [0, 0.05) is 0 Å². The van der Waals surface area contributed by atoms with Crippen molar-refractivity contribution in [2.24, 2.45) is 5.92 Å². The maximum Gasteiger partial charge on any atom is 0.0648 e. The smallest absolute Gasteiger partial charge is 0.0648 e. The van der Waals surface area contributed by atoms with Crippen LogP contribution >= 0.6 is 0 Å². The minimum atomic E-state index is -0.292. The third-order valence-corrected chi connectivity index (χ3v) is 3.04. The van der Waals surface area contributed by atoms with E-state index in [0.29, 0.717) is 0 Å². The van der Waals surface area contributed by atoms with Crippen molar-refractivity contribution in [3.05, 3.63) is 0 Å². The van der Waals surface area contributed by atoms with Crippen molar-refractivity contribution < 1.29 is 5.11 Å². The van der Waals surface area contributed by atoms with E-state index in [1.165, 1.54) is 19.3 Å². The normalized spacial score (nSPS) is 37.9. The number of hydrogen-bond acceptors (Lipinski definition) is 1. The Morgan fingerprint density at radius 2 is 2.18 bits per heavy atom. The highest BCUT2D eigenvalue weighted by Crippen LogP contribution is 2.38. The first-order chi connectivity index (χ1) is 5.20. The zero-order valence-corrected chi connectivity index (χ0v) is 7.77. The number of rotatable bonds is 3. The van der Waals surface area contributed by atoms with Crippen molar-refractivity contribution in [2.45, 2.75) is 58.0 Å². The van der Waals surface area contributed by atoms with Crippen LogP contribution in [-0.2, 0) is 0 Å². The molecule has 2 unspecified atom stereocenters. The van der Waals surface area contributed by atoms with Gasteiger partial charge in [-0.05, 0) is 31.6 Å². The Balaban J connectivity index is 2.33. The summed E-state index contributed by atoms with van der Waals surface area (Å²) in [6.07, 6.45) is 6.85. The topological polar surface area (TPSA) is 20.2 Å². The molecule has 1 nitrogen and oxygen atoms in total. The molecule has 1 heteroatoms. The van der Waals surface area contributed by atoms with E-state index in [4.69, 9.17) is 0 Å². The Bertz CT molecular complexity index is 122. The molecule has 0 bridgehead atoms. The predicted octanol–water partition coefficient (Wildman–Crippen LogP) is 2.73. The minimum absolute atomic E-state index is 0.292. The van der Waals surface area contributed by atoms with Gasteiger partial charge in [0.1, 0.15) is 0 Å². The molecule has 1 rings (SSSR count). The number of aliphatic hydroxyl groups is 1. The highest BCUT2D eigenvalue weighted by atomic mass is 16.3. The predicted molar refractivity (Wildman–Crippen MR) is 47.5 cm³/mol. The van der Waals surface area contributed by atoms with Crippen LogP contribution < -0.4 is 0 Å². The quantitative estimate of drug-likeness (QED) is 0.666. The maximum atomic E-state index is 9.90. The van der Waals surface area contributed by atoms with Crippen molar-refractivity contribution in [1.82, 2.24) is 0 Å². The van der Waals surface area contributed by atoms with E-state index >= 15 is 0 Å². The summed E-state index contributed by atoms with van der Waals surface area (Å²) in [6.45, 7) is 4.32. The SMILES string of the molecule is CCCC1CCC(O)(CC)C1. The van der Waals surface area contributed by atoms with Crippen LogP contribution in [0.4, 0.5) is 0 Å². The van der Waals surface area contributed by atoms with Crippen LogP contribution in [0.1, 0.15) is 52.4 Å². The van der Waals surface area contributed by atoms with Crippen LogP contribution in [0, 0.1) is 5.92 Å². The highest BCUT2D eigenvalue weighted by Gasteiger charge is 2.34. The lowest BCUT2D eigenvalue weighted by Crippen LogP contribution is -2.22. The second-order valence-corrected chi connectivity index (χ2v) is 3.98. The van der Waals surface area contributed by atoms with Crippen LogP contribution in [0.5, 0.6) is 0 Å².